The second-order valence-electron chi connectivity index (χ2n) is 5.83. The van der Waals surface area contributed by atoms with Crippen molar-refractivity contribution in [2.24, 2.45) is 0 Å². The number of thiophene rings is 1. The van der Waals surface area contributed by atoms with E-state index in [-0.39, 0.29) is 5.97 Å². The molecule has 0 aliphatic heterocycles. The molecule has 0 unspecified atom stereocenters. The Balaban J connectivity index is 2.40. The van der Waals surface area contributed by atoms with Gasteiger partial charge >= 0.3 is 5.97 Å². The third-order valence-corrected chi connectivity index (χ3v) is 5.40. The molecular formula is C16H18INO2S. The van der Waals surface area contributed by atoms with Crippen molar-refractivity contribution >= 4 is 45.6 Å². The van der Waals surface area contributed by atoms with E-state index in [1.807, 2.05) is 39.0 Å². The number of hydrogen-bond donors (Lipinski definition) is 1. The lowest BCUT2D eigenvalue weighted by atomic mass is 10.1. The number of halogens is 1. The Bertz CT molecular complexity index is 686. The van der Waals surface area contributed by atoms with Gasteiger partial charge in [-0.25, -0.2) is 4.79 Å². The van der Waals surface area contributed by atoms with Gasteiger partial charge in [-0.05, 0) is 61.9 Å². The van der Waals surface area contributed by atoms with Crippen LogP contribution in [0.25, 0.3) is 10.4 Å². The predicted octanol–water partition coefficient (Wildman–Crippen LogP) is 4.87. The lowest BCUT2D eigenvalue weighted by Gasteiger charge is -2.18. The fourth-order valence-electron chi connectivity index (χ4n) is 1.86. The van der Waals surface area contributed by atoms with Crippen LogP contribution in [0.15, 0.2) is 24.3 Å². The summed E-state index contributed by atoms with van der Waals surface area (Å²) in [4.78, 5) is 13.6. The Hall–Kier alpha value is -1.08. The molecule has 21 heavy (non-hydrogen) atoms. The van der Waals surface area contributed by atoms with Crippen LogP contribution in [0.2, 0.25) is 0 Å². The van der Waals surface area contributed by atoms with Crippen molar-refractivity contribution in [1.82, 2.24) is 0 Å². The van der Waals surface area contributed by atoms with Crippen molar-refractivity contribution in [1.29, 1.82) is 0 Å². The molecule has 2 aromatic rings. The largest absolute Gasteiger partial charge is 0.456 e. The van der Waals surface area contributed by atoms with Gasteiger partial charge in [-0.2, -0.15) is 0 Å². The SMILES string of the molecule is Cc1cccc(-c2cc(N)c(C(=O)OC(C)(C)C)s2)c1I. The molecular weight excluding hydrogens is 397 g/mol. The van der Waals surface area contributed by atoms with Gasteiger partial charge < -0.3 is 10.5 Å². The second kappa shape index (κ2) is 5.96. The third-order valence-electron chi connectivity index (χ3n) is 2.80. The normalized spacial score (nSPS) is 11.5. The number of aryl methyl sites for hydroxylation is 1. The van der Waals surface area contributed by atoms with E-state index in [0.717, 1.165) is 10.4 Å². The number of rotatable bonds is 2. The molecule has 0 radical (unpaired) electrons. The van der Waals surface area contributed by atoms with Crippen molar-refractivity contribution < 1.29 is 9.53 Å². The number of ether oxygens (including phenoxy) is 1. The molecule has 0 saturated heterocycles. The van der Waals surface area contributed by atoms with Gasteiger partial charge in [0.05, 0.1) is 5.69 Å². The maximum absolute atomic E-state index is 12.2. The van der Waals surface area contributed by atoms with Crippen LogP contribution < -0.4 is 5.73 Å². The van der Waals surface area contributed by atoms with E-state index in [4.69, 9.17) is 10.5 Å². The topological polar surface area (TPSA) is 52.3 Å². The number of anilines is 1. The van der Waals surface area contributed by atoms with Gasteiger partial charge in [0.1, 0.15) is 10.5 Å². The first-order valence-corrected chi connectivity index (χ1v) is 8.46. The highest BCUT2D eigenvalue weighted by Crippen LogP contribution is 2.37. The zero-order chi connectivity index (χ0) is 15.8. The number of benzene rings is 1. The highest BCUT2D eigenvalue weighted by atomic mass is 127. The Labute approximate surface area is 142 Å². The molecule has 1 heterocycles. The number of carbonyl (C=O) groups is 1. The fourth-order valence-corrected chi connectivity index (χ4v) is 3.68. The van der Waals surface area contributed by atoms with E-state index in [1.54, 1.807) is 0 Å². The van der Waals surface area contributed by atoms with E-state index >= 15 is 0 Å². The minimum Gasteiger partial charge on any atom is -0.456 e. The van der Waals surface area contributed by atoms with Crippen LogP contribution in [0.1, 0.15) is 36.0 Å². The Morgan fingerprint density at radius 1 is 1.33 bits per heavy atom. The van der Waals surface area contributed by atoms with Gasteiger partial charge in [-0.1, -0.05) is 18.2 Å². The van der Waals surface area contributed by atoms with Crippen LogP contribution in [-0.2, 0) is 4.74 Å². The highest BCUT2D eigenvalue weighted by Gasteiger charge is 2.23. The van der Waals surface area contributed by atoms with Crippen LogP contribution in [0, 0.1) is 10.5 Å². The number of hydrogen-bond acceptors (Lipinski definition) is 4. The summed E-state index contributed by atoms with van der Waals surface area (Å²) in [5, 5.41) is 0. The van der Waals surface area contributed by atoms with E-state index in [2.05, 4.69) is 35.6 Å². The Morgan fingerprint density at radius 2 is 2.00 bits per heavy atom. The smallest absolute Gasteiger partial charge is 0.350 e. The van der Waals surface area contributed by atoms with E-state index < -0.39 is 5.60 Å². The van der Waals surface area contributed by atoms with Gasteiger partial charge in [-0.15, -0.1) is 11.3 Å². The maximum Gasteiger partial charge on any atom is 0.350 e. The molecule has 5 heteroatoms. The monoisotopic (exact) mass is 415 g/mol. The number of nitrogens with two attached hydrogens (primary N) is 1. The standard InChI is InChI=1S/C16H18INO2S/c1-9-6-5-7-10(13(9)17)12-8-11(18)14(21-12)15(19)20-16(2,3)4/h5-8H,18H2,1-4H3. The summed E-state index contributed by atoms with van der Waals surface area (Å²) in [5.41, 5.74) is 8.25. The minimum absolute atomic E-state index is 0.362. The number of esters is 1. The maximum atomic E-state index is 12.2. The van der Waals surface area contributed by atoms with Gasteiger partial charge in [0, 0.05) is 14.0 Å². The summed E-state index contributed by atoms with van der Waals surface area (Å²) in [6, 6.07) is 7.96. The predicted molar refractivity (Wildman–Crippen MR) is 96.8 cm³/mol. The van der Waals surface area contributed by atoms with Crippen LogP contribution in [-0.4, -0.2) is 11.6 Å². The molecule has 0 fully saturated rings. The first-order valence-electron chi connectivity index (χ1n) is 6.57. The molecule has 0 saturated carbocycles. The third kappa shape index (κ3) is 3.77. The summed E-state index contributed by atoms with van der Waals surface area (Å²) in [6.45, 7) is 7.61. The van der Waals surface area contributed by atoms with Crippen LogP contribution >= 0.6 is 33.9 Å². The molecule has 0 aliphatic carbocycles. The molecule has 0 aliphatic rings. The number of carbonyl (C=O) groups excluding carboxylic acids is 1. The lowest BCUT2D eigenvalue weighted by molar-refractivity contribution is 0.00764. The van der Waals surface area contributed by atoms with E-state index in [9.17, 15) is 4.79 Å². The number of nitrogen functional groups attached to an aromatic ring is 1. The molecule has 0 atom stereocenters. The van der Waals surface area contributed by atoms with Crippen molar-refractivity contribution in [2.45, 2.75) is 33.3 Å². The Morgan fingerprint density at radius 3 is 2.62 bits per heavy atom. The lowest BCUT2D eigenvalue weighted by Crippen LogP contribution is -2.23. The van der Waals surface area contributed by atoms with Gasteiger partial charge in [0.25, 0.3) is 0 Å². The summed E-state index contributed by atoms with van der Waals surface area (Å²) in [7, 11) is 0. The van der Waals surface area contributed by atoms with Crippen molar-refractivity contribution in [2.75, 3.05) is 5.73 Å². The summed E-state index contributed by atoms with van der Waals surface area (Å²) in [5.74, 6) is -0.362. The molecule has 112 valence electrons. The first kappa shape index (κ1) is 16.3. The molecule has 2 N–H and O–H groups in total. The molecule has 0 bridgehead atoms. The van der Waals surface area contributed by atoms with Crippen LogP contribution in [0.4, 0.5) is 5.69 Å². The van der Waals surface area contributed by atoms with Crippen LogP contribution in [0.5, 0.6) is 0 Å². The molecule has 1 aromatic carbocycles. The summed E-state index contributed by atoms with van der Waals surface area (Å²) in [6.07, 6.45) is 0. The van der Waals surface area contributed by atoms with Crippen molar-refractivity contribution in [3.63, 3.8) is 0 Å². The van der Waals surface area contributed by atoms with Crippen molar-refractivity contribution in [3.05, 3.63) is 38.3 Å². The summed E-state index contributed by atoms with van der Waals surface area (Å²) >= 11 is 3.70. The second-order valence-corrected chi connectivity index (χ2v) is 7.96. The molecule has 0 amide bonds. The van der Waals surface area contributed by atoms with Crippen molar-refractivity contribution in [3.8, 4) is 10.4 Å². The quantitative estimate of drug-likeness (QED) is 0.563. The average Bonchev–Trinajstić information content (AvgIpc) is 2.72. The molecule has 2 rings (SSSR count). The summed E-state index contributed by atoms with van der Waals surface area (Å²) < 4.78 is 6.57. The van der Waals surface area contributed by atoms with Gasteiger partial charge in [0.2, 0.25) is 0 Å². The van der Waals surface area contributed by atoms with E-state index in [0.29, 0.717) is 10.6 Å². The highest BCUT2D eigenvalue weighted by molar-refractivity contribution is 14.1. The van der Waals surface area contributed by atoms with E-state index in [1.165, 1.54) is 20.5 Å². The molecule has 3 nitrogen and oxygen atoms in total. The molecule has 0 spiro atoms. The first-order chi connectivity index (χ1) is 9.69. The minimum atomic E-state index is -0.522. The zero-order valence-electron chi connectivity index (χ0n) is 12.5. The fraction of sp³-hybridized carbons (Fsp3) is 0.312. The zero-order valence-corrected chi connectivity index (χ0v) is 15.5. The average molecular weight is 415 g/mol. The molecule has 1 aromatic heterocycles. The Kier molecular flexibility index (Phi) is 4.63. The van der Waals surface area contributed by atoms with Gasteiger partial charge in [-0.3, -0.25) is 0 Å². The van der Waals surface area contributed by atoms with Gasteiger partial charge in [0.15, 0.2) is 0 Å². The van der Waals surface area contributed by atoms with Crippen LogP contribution in [0.3, 0.4) is 0 Å².